The Morgan fingerprint density at radius 1 is 1.50 bits per heavy atom. The highest BCUT2D eigenvalue weighted by Gasteiger charge is 2.23. The van der Waals surface area contributed by atoms with Crippen LogP contribution in [0.3, 0.4) is 0 Å². The number of aromatic nitrogens is 2. The summed E-state index contributed by atoms with van der Waals surface area (Å²) in [5.41, 5.74) is 0.911. The van der Waals surface area contributed by atoms with Gasteiger partial charge in [-0.1, -0.05) is 0 Å². The molecule has 1 unspecified atom stereocenters. The van der Waals surface area contributed by atoms with Crippen molar-refractivity contribution < 1.29 is 14.6 Å². The zero-order valence-corrected chi connectivity index (χ0v) is 12.8. The van der Waals surface area contributed by atoms with E-state index < -0.39 is 0 Å². The first kappa shape index (κ1) is 13.9. The molecule has 2 atom stereocenters. The van der Waals surface area contributed by atoms with Gasteiger partial charge in [-0.25, -0.2) is 0 Å². The number of rotatable bonds is 3. The molecule has 1 fully saturated rings. The van der Waals surface area contributed by atoms with Crippen LogP contribution in [0.1, 0.15) is 18.9 Å². The third-order valence-electron chi connectivity index (χ3n) is 3.72. The lowest BCUT2D eigenvalue weighted by molar-refractivity contribution is -0.0410. The number of fused-ring (bicyclic) bond motifs is 1. The predicted octanol–water partition coefficient (Wildman–Crippen LogP) is 2.52. The fourth-order valence-electron chi connectivity index (χ4n) is 2.53. The third-order valence-corrected chi connectivity index (χ3v) is 4.34. The van der Waals surface area contributed by atoms with Crippen LogP contribution in [0, 0.1) is 0 Å². The molecule has 1 N–H and O–H groups in total. The molecule has 0 bridgehead atoms. The van der Waals surface area contributed by atoms with Crippen molar-refractivity contribution in [2.75, 3.05) is 20.3 Å². The second kappa shape index (κ2) is 5.71. The van der Waals surface area contributed by atoms with Gasteiger partial charge >= 0.3 is 0 Å². The van der Waals surface area contributed by atoms with Gasteiger partial charge in [-0.3, -0.25) is 4.68 Å². The molecule has 2 aromatic rings. The molecule has 1 aromatic heterocycles. The second-order valence-electron chi connectivity index (χ2n) is 5.02. The number of benzene rings is 1. The highest BCUT2D eigenvalue weighted by molar-refractivity contribution is 9.10. The van der Waals surface area contributed by atoms with Crippen molar-refractivity contribution in [3.8, 4) is 5.75 Å². The number of halogens is 1. The Balaban J connectivity index is 1.86. The summed E-state index contributed by atoms with van der Waals surface area (Å²) in [7, 11) is 1.65. The lowest BCUT2D eigenvalue weighted by Crippen LogP contribution is -2.30. The van der Waals surface area contributed by atoms with E-state index in [1.165, 1.54) is 0 Å². The van der Waals surface area contributed by atoms with Crippen LogP contribution in [0.4, 0.5) is 0 Å². The molecule has 1 aliphatic heterocycles. The molecule has 6 heteroatoms. The maximum Gasteiger partial charge on any atom is 0.135 e. The Hall–Kier alpha value is -1.11. The van der Waals surface area contributed by atoms with Crippen LogP contribution in [-0.4, -0.2) is 41.3 Å². The molecule has 0 saturated carbocycles. The molecule has 0 spiro atoms. The summed E-state index contributed by atoms with van der Waals surface area (Å²) < 4.78 is 13.8. The van der Waals surface area contributed by atoms with Crippen molar-refractivity contribution in [1.82, 2.24) is 9.78 Å². The van der Waals surface area contributed by atoms with Gasteiger partial charge in [0.15, 0.2) is 0 Å². The number of methoxy groups -OCH3 is 1. The van der Waals surface area contributed by atoms with Crippen molar-refractivity contribution in [3.63, 3.8) is 0 Å². The molecular formula is C14H17BrN2O3. The van der Waals surface area contributed by atoms with Crippen molar-refractivity contribution >= 4 is 26.8 Å². The summed E-state index contributed by atoms with van der Waals surface area (Å²) in [4.78, 5) is 0. The molecule has 0 aliphatic carbocycles. The molecule has 108 valence electrons. The average Bonchev–Trinajstić information content (AvgIpc) is 2.89. The number of aliphatic hydroxyl groups excluding tert-OH is 1. The fourth-order valence-corrected chi connectivity index (χ4v) is 3.05. The van der Waals surface area contributed by atoms with E-state index >= 15 is 0 Å². The van der Waals surface area contributed by atoms with Gasteiger partial charge in [0.1, 0.15) is 5.75 Å². The Morgan fingerprint density at radius 3 is 3.00 bits per heavy atom. The molecule has 0 amide bonds. The summed E-state index contributed by atoms with van der Waals surface area (Å²) in [6, 6.07) is 4.17. The minimum atomic E-state index is -0.0227. The summed E-state index contributed by atoms with van der Waals surface area (Å²) in [6.45, 7) is 0.690. The minimum Gasteiger partial charge on any atom is -0.495 e. The van der Waals surface area contributed by atoms with E-state index in [1.807, 2.05) is 23.0 Å². The highest BCUT2D eigenvalue weighted by Crippen LogP contribution is 2.31. The van der Waals surface area contributed by atoms with Gasteiger partial charge in [-0.2, -0.15) is 5.10 Å². The van der Waals surface area contributed by atoms with Gasteiger partial charge in [0.05, 0.1) is 42.5 Å². The topological polar surface area (TPSA) is 56.5 Å². The van der Waals surface area contributed by atoms with Crippen LogP contribution < -0.4 is 4.74 Å². The van der Waals surface area contributed by atoms with E-state index in [1.54, 1.807) is 7.11 Å². The molecule has 0 radical (unpaired) electrons. The van der Waals surface area contributed by atoms with Crippen molar-refractivity contribution in [3.05, 3.63) is 22.8 Å². The average molecular weight is 341 g/mol. The summed E-state index contributed by atoms with van der Waals surface area (Å²) in [6.07, 6.45) is 3.85. The molecule has 1 saturated heterocycles. The van der Waals surface area contributed by atoms with Gasteiger partial charge in [0.25, 0.3) is 0 Å². The van der Waals surface area contributed by atoms with Gasteiger partial charge in [-0.15, -0.1) is 0 Å². The van der Waals surface area contributed by atoms with Crippen LogP contribution in [0.5, 0.6) is 5.75 Å². The quantitative estimate of drug-likeness (QED) is 0.932. The van der Waals surface area contributed by atoms with E-state index in [0.717, 1.165) is 34.0 Å². The van der Waals surface area contributed by atoms with Crippen molar-refractivity contribution in [1.29, 1.82) is 0 Å². The van der Waals surface area contributed by atoms with Gasteiger partial charge in [-0.05, 0) is 34.8 Å². The second-order valence-corrected chi connectivity index (χ2v) is 5.88. The van der Waals surface area contributed by atoms with E-state index in [4.69, 9.17) is 14.6 Å². The van der Waals surface area contributed by atoms with Crippen molar-refractivity contribution in [2.45, 2.75) is 25.0 Å². The molecule has 2 heterocycles. The number of aliphatic hydroxyl groups is 1. The monoisotopic (exact) mass is 340 g/mol. The Morgan fingerprint density at radius 2 is 2.35 bits per heavy atom. The lowest BCUT2D eigenvalue weighted by atomic mass is 10.1. The lowest BCUT2D eigenvalue weighted by Gasteiger charge is -2.27. The van der Waals surface area contributed by atoms with Crippen LogP contribution in [0.2, 0.25) is 0 Å². The first-order chi connectivity index (χ1) is 9.71. The van der Waals surface area contributed by atoms with E-state index in [2.05, 4.69) is 21.0 Å². The normalized spacial score (nSPS) is 23.1. The summed E-state index contributed by atoms with van der Waals surface area (Å²) in [5, 5.41) is 14.8. The minimum absolute atomic E-state index is 0.0227. The smallest absolute Gasteiger partial charge is 0.135 e. The summed E-state index contributed by atoms with van der Waals surface area (Å²) in [5.74, 6) is 0.781. The standard InChI is InChI=1S/C14H17BrN2O3/c1-19-14-5-13-9(4-12(14)15)6-17(16-13)10-2-3-11(7-18)20-8-10/h4-6,10-11,18H,2-3,7-8H2,1H3/t10-,11?/m1/s1. The molecular weight excluding hydrogens is 324 g/mol. The van der Waals surface area contributed by atoms with Crippen LogP contribution in [0.25, 0.3) is 10.9 Å². The van der Waals surface area contributed by atoms with Crippen molar-refractivity contribution in [2.24, 2.45) is 0 Å². The van der Waals surface area contributed by atoms with Crippen LogP contribution in [-0.2, 0) is 4.74 Å². The largest absolute Gasteiger partial charge is 0.495 e. The number of ether oxygens (including phenoxy) is 2. The summed E-state index contributed by atoms with van der Waals surface area (Å²) >= 11 is 3.49. The molecule has 1 aliphatic rings. The molecule has 1 aromatic carbocycles. The fraction of sp³-hybridized carbons (Fsp3) is 0.500. The van der Waals surface area contributed by atoms with Gasteiger partial charge in [0.2, 0.25) is 0 Å². The Kier molecular flexibility index (Phi) is 3.96. The maximum atomic E-state index is 9.08. The molecule has 3 rings (SSSR count). The van der Waals surface area contributed by atoms with Gasteiger partial charge in [0, 0.05) is 17.6 Å². The van der Waals surface area contributed by atoms with Gasteiger partial charge < -0.3 is 14.6 Å². The SMILES string of the molecule is COc1cc2nn([C@@H]3CCC(CO)OC3)cc2cc1Br. The van der Waals surface area contributed by atoms with E-state index in [0.29, 0.717) is 6.61 Å². The maximum absolute atomic E-state index is 9.08. The number of hydrogen-bond donors (Lipinski definition) is 1. The van der Waals surface area contributed by atoms with E-state index in [-0.39, 0.29) is 18.8 Å². The first-order valence-corrected chi connectivity index (χ1v) is 7.45. The predicted molar refractivity (Wildman–Crippen MR) is 79.1 cm³/mol. The number of hydrogen-bond acceptors (Lipinski definition) is 4. The highest BCUT2D eigenvalue weighted by atomic mass is 79.9. The van der Waals surface area contributed by atoms with Crippen LogP contribution in [0.15, 0.2) is 22.8 Å². The Bertz CT molecular complexity index is 606. The number of nitrogens with zero attached hydrogens (tertiary/aromatic N) is 2. The Labute approximate surface area is 125 Å². The van der Waals surface area contributed by atoms with Crippen LogP contribution >= 0.6 is 15.9 Å². The zero-order chi connectivity index (χ0) is 14.1. The van der Waals surface area contributed by atoms with E-state index in [9.17, 15) is 0 Å². The zero-order valence-electron chi connectivity index (χ0n) is 11.3. The molecule has 5 nitrogen and oxygen atoms in total. The first-order valence-electron chi connectivity index (χ1n) is 6.66. The third kappa shape index (κ3) is 2.55. The molecule has 20 heavy (non-hydrogen) atoms.